The van der Waals surface area contributed by atoms with Gasteiger partial charge < -0.3 is 5.11 Å². The second kappa shape index (κ2) is 2.72. The molecule has 0 aromatic heterocycles. The highest BCUT2D eigenvalue weighted by molar-refractivity contribution is 5.91. The zero-order chi connectivity index (χ0) is 11.8. The van der Waals surface area contributed by atoms with E-state index >= 15 is 0 Å². The average molecular weight is 222 g/mol. The van der Waals surface area contributed by atoms with Crippen LogP contribution in [-0.2, 0) is 4.79 Å². The summed E-state index contributed by atoms with van der Waals surface area (Å²) < 4.78 is 0. The van der Waals surface area contributed by atoms with Crippen LogP contribution >= 0.6 is 0 Å². The molecule has 3 rings (SSSR count). The van der Waals surface area contributed by atoms with Crippen molar-refractivity contribution in [2.75, 3.05) is 0 Å². The quantitative estimate of drug-likeness (QED) is 0.684. The minimum Gasteiger partial charge on any atom is -0.381 e. The Morgan fingerprint density at radius 3 is 2.62 bits per heavy atom. The summed E-state index contributed by atoms with van der Waals surface area (Å²) in [4.78, 5) is 12.1. The smallest absolute Gasteiger partial charge is 0.164 e. The number of aliphatic hydroxyl groups is 1. The predicted molar refractivity (Wildman–Crippen MR) is 61.9 cm³/mol. The van der Waals surface area contributed by atoms with Crippen LogP contribution in [0.4, 0.5) is 0 Å². The fraction of sp³-hybridized carbons (Fsp3) is 0.929. The largest absolute Gasteiger partial charge is 0.381 e. The first-order valence-electron chi connectivity index (χ1n) is 6.56. The van der Waals surface area contributed by atoms with Crippen molar-refractivity contribution in [1.82, 2.24) is 0 Å². The molecule has 0 aliphatic heterocycles. The van der Waals surface area contributed by atoms with Gasteiger partial charge >= 0.3 is 0 Å². The third kappa shape index (κ3) is 1.000. The summed E-state index contributed by atoms with van der Waals surface area (Å²) in [5.74, 6) is 0.559. The fourth-order valence-corrected chi connectivity index (χ4v) is 5.36. The van der Waals surface area contributed by atoms with Crippen LogP contribution in [-0.4, -0.2) is 16.5 Å². The van der Waals surface area contributed by atoms with Gasteiger partial charge in [-0.25, -0.2) is 0 Å². The molecule has 4 atom stereocenters. The molecule has 16 heavy (non-hydrogen) atoms. The van der Waals surface area contributed by atoms with Crippen LogP contribution in [0.2, 0.25) is 0 Å². The van der Waals surface area contributed by atoms with E-state index in [-0.39, 0.29) is 28.4 Å². The van der Waals surface area contributed by atoms with Gasteiger partial charge in [0.25, 0.3) is 0 Å². The van der Waals surface area contributed by atoms with Gasteiger partial charge in [0.15, 0.2) is 5.78 Å². The number of rotatable bonds is 0. The van der Waals surface area contributed by atoms with Crippen molar-refractivity contribution in [2.24, 2.45) is 22.7 Å². The number of carbonyl (C=O) groups excluding carboxylic acids is 1. The lowest BCUT2D eigenvalue weighted by atomic mass is 9.67. The zero-order valence-corrected chi connectivity index (χ0v) is 10.5. The molecule has 3 aliphatic rings. The molecule has 1 N–H and O–H groups in total. The molecule has 0 radical (unpaired) electrons. The molecule has 3 fully saturated rings. The molecule has 0 amide bonds. The normalized spacial score (nSPS) is 54.1. The Labute approximate surface area is 97.4 Å². The topological polar surface area (TPSA) is 37.3 Å². The summed E-state index contributed by atoms with van der Waals surface area (Å²) in [6.07, 6.45) is 4.90. The summed E-state index contributed by atoms with van der Waals surface area (Å²) in [6, 6.07) is 0. The van der Waals surface area contributed by atoms with Crippen molar-refractivity contribution >= 4 is 5.78 Å². The van der Waals surface area contributed by atoms with Crippen LogP contribution in [0.3, 0.4) is 0 Å². The van der Waals surface area contributed by atoms with Gasteiger partial charge in [-0.2, -0.15) is 0 Å². The molecule has 0 aromatic rings. The lowest BCUT2D eigenvalue weighted by Crippen LogP contribution is -2.49. The van der Waals surface area contributed by atoms with E-state index in [1.54, 1.807) is 0 Å². The van der Waals surface area contributed by atoms with Crippen molar-refractivity contribution in [3.8, 4) is 0 Å². The first kappa shape index (κ1) is 10.8. The van der Waals surface area contributed by atoms with Gasteiger partial charge in [-0.15, -0.1) is 0 Å². The maximum atomic E-state index is 12.1. The first-order chi connectivity index (χ1) is 7.31. The highest BCUT2D eigenvalue weighted by Crippen LogP contribution is 2.69. The molecule has 3 saturated carbocycles. The highest BCUT2D eigenvalue weighted by Gasteiger charge is 2.70. The number of Topliss-reactive ketones (excluding diaryl/α,β-unsaturated/α-hetero) is 1. The molecule has 0 bridgehead atoms. The Balaban J connectivity index is 2.12. The molecular weight excluding hydrogens is 200 g/mol. The van der Waals surface area contributed by atoms with E-state index in [0.29, 0.717) is 6.42 Å². The summed E-state index contributed by atoms with van der Waals surface area (Å²) >= 11 is 0. The second-order valence-corrected chi connectivity index (χ2v) is 7.26. The monoisotopic (exact) mass is 222 g/mol. The number of hydrogen-bond acceptors (Lipinski definition) is 2. The molecule has 0 saturated heterocycles. The lowest BCUT2D eigenvalue weighted by Gasteiger charge is -2.40. The van der Waals surface area contributed by atoms with Crippen LogP contribution in [0.1, 0.15) is 52.9 Å². The second-order valence-electron chi connectivity index (χ2n) is 7.26. The van der Waals surface area contributed by atoms with E-state index in [9.17, 15) is 9.90 Å². The van der Waals surface area contributed by atoms with Gasteiger partial charge in [-0.05, 0) is 42.4 Å². The van der Waals surface area contributed by atoms with Crippen molar-refractivity contribution in [1.29, 1.82) is 0 Å². The van der Waals surface area contributed by atoms with E-state index in [0.717, 1.165) is 19.3 Å². The minimum atomic E-state index is -0.977. The van der Waals surface area contributed by atoms with Crippen LogP contribution < -0.4 is 0 Å². The number of hydrogen-bond donors (Lipinski definition) is 1. The van der Waals surface area contributed by atoms with Gasteiger partial charge in [0.2, 0.25) is 0 Å². The van der Waals surface area contributed by atoms with Crippen LogP contribution in [0, 0.1) is 22.7 Å². The van der Waals surface area contributed by atoms with E-state index in [1.165, 1.54) is 6.42 Å². The number of ketones is 1. The SMILES string of the molecule is CC1(C)CC[C@]2(C)C[C@H]3CCC(=O)[C@@]3(O)[C@H]12. The van der Waals surface area contributed by atoms with Gasteiger partial charge in [-0.1, -0.05) is 20.8 Å². The lowest BCUT2D eigenvalue weighted by molar-refractivity contribution is -0.146. The molecule has 0 spiro atoms. The van der Waals surface area contributed by atoms with Crippen LogP contribution in [0.15, 0.2) is 0 Å². The van der Waals surface area contributed by atoms with E-state index in [2.05, 4.69) is 20.8 Å². The van der Waals surface area contributed by atoms with Gasteiger partial charge in [0.05, 0.1) is 0 Å². The van der Waals surface area contributed by atoms with Gasteiger partial charge in [-0.3, -0.25) is 4.79 Å². The Bertz CT molecular complexity index is 360. The fourth-order valence-electron chi connectivity index (χ4n) is 5.36. The maximum Gasteiger partial charge on any atom is 0.164 e. The summed E-state index contributed by atoms with van der Waals surface area (Å²) in [7, 11) is 0. The average Bonchev–Trinajstić information content (AvgIpc) is 2.65. The standard InChI is InChI=1S/C14H22O2/c1-12(2)6-7-13(3)8-9-4-5-10(15)14(9,16)11(12)13/h9,11,16H,4-8H2,1-3H3/t9-,11-,13-,14-/m1/s1. The molecule has 2 nitrogen and oxygen atoms in total. The molecule has 0 heterocycles. The highest BCUT2D eigenvalue weighted by atomic mass is 16.3. The minimum absolute atomic E-state index is 0.123. The zero-order valence-electron chi connectivity index (χ0n) is 10.5. The third-order valence-electron chi connectivity index (χ3n) is 5.76. The van der Waals surface area contributed by atoms with Crippen molar-refractivity contribution in [2.45, 2.75) is 58.5 Å². The summed E-state index contributed by atoms with van der Waals surface area (Å²) in [6.45, 7) is 6.75. The van der Waals surface area contributed by atoms with Gasteiger partial charge in [0.1, 0.15) is 5.60 Å². The van der Waals surface area contributed by atoms with Crippen LogP contribution in [0.25, 0.3) is 0 Å². The molecule has 2 heteroatoms. The Morgan fingerprint density at radius 2 is 1.94 bits per heavy atom. The van der Waals surface area contributed by atoms with Gasteiger partial charge in [0, 0.05) is 12.3 Å². The summed E-state index contributed by atoms with van der Waals surface area (Å²) in [5, 5.41) is 10.9. The number of fused-ring (bicyclic) bond motifs is 3. The summed E-state index contributed by atoms with van der Waals surface area (Å²) in [5.41, 5.74) is -0.647. The first-order valence-corrected chi connectivity index (χ1v) is 6.56. The molecule has 90 valence electrons. The Hall–Kier alpha value is -0.370. The Morgan fingerprint density at radius 1 is 1.25 bits per heavy atom. The molecule has 0 aromatic carbocycles. The predicted octanol–water partition coefficient (Wildman–Crippen LogP) is 2.54. The van der Waals surface area contributed by atoms with E-state index in [1.807, 2.05) is 0 Å². The van der Waals surface area contributed by atoms with E-state index < -0.39 is 5.60 Å². The van der Waals surface area contributed by atoms with Crippen LogP contribution in [0.5, 0.6) is 0 Å². The maximum absolute atomic E-state index is 12.1. The molecule has 0 unspecified atom stereocenters. The number of carbonyl (C=O) groups is 1. The van der Waals surface area contributed by atoms with Crippen molar-refractivity contribution < 1.29 is 9.90 Å². The van der Waals surface area contributed by atoms with Crippen molar-refractivity contribution in [3.63, 3.8) is 0 Å². The van der Waals surface area contributed by atoms with Crippen molar-refractivity contribution in [3.05, 3.63) is 0 Å². The molecular formula is C14H22O2. The Kier molecular flexibility index (Phi) is 1.83. The van der Waals surface area contributed by atoms with E-state index in [4.69, 9.17) is 0 Å². The molecule has 3 aliphatic carbocycles. The third-order valence-corrected chi connectivity index (χ3v) is 5.76.